The van der Waals surface area contributed by atoms with Gasteiger partial charge >= 0.3 is 0 Å². The maximum atomic E-state index is 8.12. The SMILES string of the molecule is O/N=C/C=C/C=C/C=C/C=C/C=C/c1ccco1. The van der Waals surface area contributed by atoms with Gasteiger partial charge in [-0.05, 0) is 24.3 Å². The largest absolute Gasteiger partial charge is 0.465 e. The highest BCUT2D eigenvalue weighted by Gasteiger charge is 1.83. The van der Waals surface area contributed by atoms with Crippen molar-refractivity contribution in [3.05, 3.63) is 78.8 Å². The Balaban J connectivity index is 2.23. The molecular formula is C15H15NO2. The van der Waals surface area contributed by atoms with Gasteiger partial charge in [-0.15, -0.1) is 0 Å². The van der Waals surface area contributed by atoms with Gasteiger partial charge in [-0.2, -0.15) is 0 Å². The van der Waals surface area contributed by atoms with Crippen molar-refractivity contribution in [1.29, 1.82) is 0 Å². The minimum Gasteiger partial charge on any atom is -0.465 e. The standard InChI is InChI=1S/C15H15NO2/c17-16-13-9-7-5-3-1-2-4-6-8-11-15-12-10-14-18-15/h1-14,17H/b2-1+,5-3+,6-4+,9-7+,11-8+,16-13+. The van der Waals surface area contributed by atoms with Crippen molar-refractivity contribution in [3.63, 3.8) is 0 Å². The average molecular weight is 241 g/mol. The molecule has 1 aromatic rings. The lowest BCUT2D eigenvalue weighted by molar-refractivity contribution is 0.322. The highest BCUT2D eigenvalue weighted by atomic mass is 16.4. The van der Waals surface area contributed by atoms with Crippen LogP contribution in [0.2, 0.25) is 0 Å². The van der Waals surface area contributed by atoms with Gasteiger partial charge in [0.15, 0.2) is 0 Å². The quantitative estimate of drug-likeness (QED) is 0.354. The van der Waals surface area contributed by atoms with Crippen LogP contribution in [0.1, 0.15) is 5.76 Å². The summed E-state index contributed by atoms with van der Waals surface area (Å²) in [6.07, 6.45) is 21.5. The van der Waals surface area contributed by atoms with Gasteiger partial charge in [-0.1, -0.05) is 53.8 Å². The molecule has 0 unspecified atom stereocenters. The summed E-state index contributed by atoms with van der Waals surface area (Å²) in [6, 6.07) is 3.74. The van der Waals surface area contributed by atoms with Crippen LogP contribution in [0.4, 0.5) is 0 Å². The molecular weight excluding hydrogens is 226 g/mol. The molecule has 92 valence electrons. The van der Waals surface area contributed by atoms with Crippen LogP contribution in [0.3, 0.4) is 0 Å². The molecule has 0 atom stereocenters. The second-order valence-electron chi connectivity index (χ2n) is 3.18. The summed E-state index contributed by atoms with van der Waals surface area (Å²) in [5.41, 5.74) is 0. The summed E-state index contributed by atoms with van der Waals surface area (Å²) in [5.74, 6) is 0.833. The van der Waals surface area contributed by atoms with Gasteiger partial charge in [0.1, 0.15) is 5.76 Å². The summed E-state index contributed by atoms with van der Waals surface area (Å²) < 4.78 is 5.14. The zero-order valence-corrected chi connectivity index (χ0v) is 9.89. The Hall–Kier alpha value is -2.55. The molecule has 0 aliphatic heterocycles. The number of hydrogen-bond acceptors (Lipinski definition) is 3. The van der Waals surface area contributed by atoms with E-state index in [0.717, 1.165) is 5.76 Å². The van der Waals surface area contributed by atoms with Crippen molar-refractivity contribution >= 4 is 12.3 Å². The minimum absolute atomic E-state index is 0.833. The van der Waals surface area contributed by atoms with Crippen LogP contribution in [-0.2, 0) is 0 Å². The number of allylic oxidation sites excluding steroid dienone is 9. The first-order valence-corrected chi connectivity index (χ1v) is 5.48. The monoisotopic (exact) mass is 241 g/mol. The highest BCUT2D eigenvalue weighted by Crippen LogP contribution is 2.01. The van der Waals surface area contributed by atoms with E-state index >= 15 is 0 Å². The number of oxime groups is 1. The molecule has 0 aliphatic rings. The predicted octanol–water partition coefficient (Wildman–Crippen LogP) is 3.98. The second-order valence-corrected chi connectivity index (χ2v) is 3.18. The van der Waals surface area contributed by atoms with Crippen LogP contribution >= 0.6 is 0 Å². The first-order valence-electron chi connectivity index (χ1n) is 5.48. The summed E-state index contributed by atoms with van der Waals surface area (Å²) in [7, 11) is 0. The smallest absolute Gasteiger partial charge is 0.126 e. The maximum absolute atomic E-state index is 8.12. The minimum atomic E-state index is 0.833. The molecule has 0 radical (unpaired) electrons. The Morgan fingerprint density at radius 1 is 0.889 bits per heavy atom. The van der Waals surface area contributed by atoms with Crippen molar-refractivity contribution in [2.45, 2.75) is 0 Å². The van der Waals surface area contributed by atoms with Crippen LogP contribution in [0, 0.1) is 0 Å². The summed E-state index contributed by atoms with van der Waals surface area (Å²) >= 11 is 0. The molecule has 1 N–H and O–H groups in total. The van der Waals surface area contributed by atoms with Crippen molar-refractivity contribution in [2.75, 3.05) is 0 Å². The van der Waals surface area contributed by atoms with Gasteiger partial charge in [0.25, 0.3) is 0 Å². The Labute approximate surface area is 106 Å². The van der Waals surface area contributed by atoms with E-state index in [1.807, 2.05) is 60.7 Å². The van der Waals surface area contributed by atoms with E-state index in [1.165, 1.54) is 6.21 Å². The molecule has 0 amide bonds. The molecule has 3 heteroatoms. The third kappa shape index (κ3) is 6.85. The van der Waals surface area contributed by atoms with Gasteiger partial charge in [0.05, 0.1) is 12.5 Å². The van der Waals surface area contributed by atoms with Crippen LogP contribution in [0.25, 0.3) is 6.08 Å². The molecule has 0 bridgehead atoms. The predicted molar refractivity (Wildman–Crippen MR) is 74.6 cm³/mol. The first-order chi connectivity index (χ1) is 8.93. The van der Waals surface area contributed by atoms with Gasteiger partial charge < -0.3 is 9.62 Å². The topological polar surface area (TPSA) is 45.7 Å². The van der Waals surface area contributed by atoms with E-state index < -0.39 is 0 Å². The van der Waals surface area contributed by atoms with Crippen molar-refractivity contribution in [2.24, 2.45) is 5.16 Å². The fourth-order valence-electron chi connectivity index (χ4n) is 1.07. The highest BCUT2D eigenvalue weighted by molar-refractivity contribution is 5.70. The number of nitrogens with zero attached hydrogens (tertiary/aromatic N) is 1. The Bertz CT molecular complexity index is 475. The van der Waals surface area contributed by atoms with Crippen molar-refractivity contribution < 1.29 is 9.62 Å². The van der Waals surface area contributed by atoms with E-state index in [1.54, 1.807) is 18.4 Å². The van der Waals surface area contributed by atoms with Gasteiger partial charge in [-0.25, -0.2) is 0 Å². The molecule has 1 heterocycles. The fourth-order valence-corrected chi connectivity index (χ4v) is 1.07. The van der Waals surface area contributed by atoms with Gasteiger partial charge in [-0.3, -0.25) is 0 Å². The summed E-state index contributed by atoms with van der Waals surface area (Å²) in [6.45, 7) is 0. The lowest BCUT2D eigenvalue weighted by atomic mass is 10.3. The Kier molecular flexibility index (Phi) is 7.25. The van der Waals surface area contributed by atoms with Crippen LogP contribution in [0.15, 0.2) is 82.7 Å². The molecule has 18 heavy (non-hydrogen) atoms. The lowest BCUT2D eigenvalue weighted by Gasteiger charge is -1.79. The first kappa shape index (κ1) is 13.5. The molecule has 1 aromatic heterocycles. The maximum Gasteiger partial charge on any atom is 0.126 e. The number of rotatable bonds is 6. The second kappa shape index (κ2) is 9.66. The third-order valence-corrected chi connectivity index (χ3v) is 1.85. The molecule has 3 nitrogen and oxygen atoms in total. The normalized spacial score (nSPS) is 13.6. The van der Waals surface area contributed by atoms with Gasteiger partial charge in [0.2, 0.25) is 0 Å². The zero-order valence-electron chi connectivity index (χ0n) is 9.89. The van der Waals surface area contributed by atoms with Crippen molar-refractivity contribution in [3.8, 4) is 0 Å². The van der Waals surface area contributed by atoms with Crippen molar-refractivity contribution in [1.82, 2.24) is 0 Å². The molecule has 1 rings (SSSR count). The van der Waals surface area contributed by atoms with E-state index in [9.17, 15) is 0 Å². The molecule has 0 aromatic carbocycles. The van der Waals surface area contributed by atoms with Gasteiger partial charge in [0, 0.05) is 0 Å². The van der Waals surface area contributed by atoms with E-state index in [-0.39, 0.29) is 0 Å². The number of hydrogen-bond donors (Lipinski definition) is 1. The molecule has 0 saturated heterocycles. The van der Waals surface area contributed by atoms with Crippen LogP contribution in [0.5, 0.6) is 0 Å². The Morgan fingerprint density at radius 3 is 2.06 bits per heavy atom. The molecule has 0 fully saturated rings. The third-order valence-electron chi connectivity index (χ3n) is 1.85. The zero-order chi connectivity index (χ0) is 12.9. The Morgan fingerprint density at radius 2 is 1.50 bits per heavy atom. The fraction of sp³-hybridized carbons (Fsp3) is 0. The molecule has 0 spiro atoms. The van der Waals surface area contributed by atoms with E-state index in [0.29, 0.717) is 0 Å². The molecule has 0 aliphatic carbocycles. The number of furan rings is 1. The lowest BCUT2D eigenvalue weighted by Crippen LogP contribution is -1.60. The van der Waals surface area contributed by atoms with Crippen LogP contribution < -0.4 is 0 Å². The molecule has 0 saturated carbocycles. The summed E-state index contributed by atoms with van der Waals surface area (Å²) in [4.78, 5) is 0. The van der Waals surface area contributed by atoms with Crippen LogP contribution in [-0.4, -0.2) is 11.4 Å². The van der Waals surface area contributed by atoms with E-state index in [2.05, 4.69) is 5.16 Å². The van der Waals surface area contributed by atoms with E-state index in [4.69, 9.17) is 9.62 Å². The summed E-state index contributed by atoms with van der Waals surface area (Å²) in [5, 5.41) is 11.0. The average Bonchev–Trinajstić information content (AvgIpc) is 2.89.